The summed E-state index contributed by atoms with van der Waals surface area (Å²) in [6.45, 7) is 18.0. The predicted octanol–water partition coefficient (Wildman–Crippen LogP) is 15.6. The van der Waals surface area contributed by atoms with Crippen LogP contribution < -0.4 is 0 Å². The molecule has 0 atom stereocenters. The standard InChI is InChI=1S/C61H55N3O/c1-35(2)41-21-15-22-42(36(3)4)58(41)64-55-26-14-13-25-52(55)63-60(64)50-24-16-23-49(59(50)65)54-34-39(43-30-28-40(31-37(43)5)61(6,7)8)33-53(62-54)38-27-29-48-51(32-38)57-46-19-11-9-17-44(46)56(48)45-18-10-12-20-47(45)57/h9-36,56-57,65H,1-8H3. The van der Waals surface area contributed by atoms with Crippen LogP contribution in [0.3, 0.4) is 0 Å². The highest BCUT2D eigenvalue weighted by Crippen LogP contribution is 2.56. The van der Waals surface area contributed by atoms with E-state index >= 15 is 0 Å². The number of aryl methyl sites for hydroxylation is 1. The lowest BCUT2D eigenvalue weighted by atomic mass is 9.61. The van der Waals surface area contributed by atoms with Crippen LogP contribution in [0.15, 0.2) is 158 Å². The summed E-state index contributed by atoms with van der Waals surface area (Å²) in [5, 5.41) is 12.8. The molecule has 4 heteroatoms. The van der Waals surface area contributed by atoms with Crippen molar-refractivity contribution in [3.63, 3.8) is 0 Å². The van der Waals surface area contributed by atoms with Gasteiger partial charge in [0.25, 0.3) is 0 Å². The zero-order valence-electron chi connectivity index (χ0n) is 38.6. The molecule has 0 radical (unpaired) electrons. The smallest absolute Gasteiger partial charge is 0.149 e. The molecule has 65 heavy (non-hydrogen) atoms. The molecule has 2 bridgehead atoms. The van der Waals surface area contributed by atoms with E-state index in [-0.39, 0.29) is 34.8 Å². The first-order chi connectivity index (χ1) is 31.4. The van der Waals surface area contributed by atoms with Crippen LogP contribution >= 0.6 is 0 Å². The van der Waals surface area contributed by atoms with Crippen LogP contribution in [0.1, 0.15) is 128 Å². The molecule has 0 spiro atoms. The van der Waals surface area contributed by atoms with Crippen LogP contribution in [0.4, 0.5) is 0 Å². The molecule has 7 aromatic carbocycles. The van der Waals surface area contributed by atoms with Crippen molar-refractivity contribution in [3.8, 4) is 56.5 Å². The Balaban J connectivity index is 1.12. The van der Waals surface area contributed by atoms with Gasteiger partial charge in [-0.25, -0.2) is 9.97 Å². The summed E-state index contributed by atoms with van der Waals surface area (Å²) in [7, 11) is 0. The van der Waals surface area contributed by atoms with Gasteiger partial charge in [-0.1, -0.05) is 164 Å². The number of imidazole rings is 1. The Morgan fingerprint density at radius 2 is 1.08 bits per heavy atom. The summed E-state index contributed by atoms with van der Waals surface area (Å²) in [5.41, 5.74) is 22.5. The molecule has 0 saturated carbocycles. The molecule has 4 nitrogen and oxygen atoms in total. The van der Waals surface area contributed by atoms with E-state index in [1.165, 1.54) is 55.6 Å². The number of pyridine rings is 1. The number of benzene rings is 7. The van der Waals surface area contributed by atoms with Gasteiger partial charge in [0.15, 0.2) is 0 Å². The molecule has 320 valence electrons. The molecular weight excluding hydrogens is 791 g/mol. The second kappa shape index (κ2) is 15.3. The lowest BCUT2D eigenvalue weighted by molar-refractivity contribution is 0.478. The van der Waals surface area contributed by atoms with Crippen LogP contribution in [0.2, 0.25) is 0 Å². The first-order valence-electron chi connectivity index (χ1n) is 23.3. The largest absolute Gasteiger partial charge is 0.506 e. The molecule has 12 rings (SSSR count). The van der Waals surface area contributed by atoms with Gasteiger partial charge in [-0.2, -0.15) is 0 Å². The molecule has 2 heterocycles. The molecule has 0 unspecified atom stereocenters. The van der Waals surface area contributed by atoms with Crippen molar-refractivity contribution in [2.24, 2.45) is 0 Å². The topological polar surface area (TPSA) is 50.9 Å². The third kappa shape index (κ3) is 6.56. The van der Waals surface area contributed by atoms with Crippen LogP contribution in [-0.2, 0) is 5.41 Å². The SMILES string of the molecule is Cc1cc(C(C)(C)C)ccc1-c1cc(-c2ccc3c(c2)C2c4ccccc4C3c3ccccc32)nc(-c2cccc(-c3nc4ccccc4n3-c3c(C(C)C)cccc3C(C)C)c2O)c1. The Bertz CT molecular complexity index is 3290. The second-order valence-electron chi connectivity index (χ2n) is 19.9. The molecule has 0 amide bonds. The fourth-order valence-electron chi connectivity index (χ4n) is 10.9. The van der Waals surface area contributed by atoms with Crippen molar-refractivity contribution < 1.29 is 5.11 Å². The monoisotopic (exact) mass is 845 g/mol. The normalized spacial score (nSPS) is 15.1. The van der Waals surface area contributed by atoms with E-state index in [4.69, 9.17) is 9.97 Å². The van der Waals surface area contributed by atoms with Gasteiger partial charge >= 0.3 is 0 Å². The zero-order valence-corrected chi connectivity index (χ0v) is 38.6. The van der Waals surface area contributed by atoms with Crippen molar-refractivity contribution in [1.82, 2.24) is 14.5 Å². The van der Waals surface area contributed by atoms with Gasteiger partial charge < -0.3 is 5.11 Å². The van der Waals surface area contributed by atoms with Gasteiger partial charge in [0, 0.05) is 23.0 Å². The highest BCUT2D eigenvalue weighted by atomic mass is 16.3. The average molecular weight is 846 g/mol. The summed E-state index contributed by atoms with van der Waals surface area (Å²) in [6.07, 6.45) is 0. The molecule has 0 aliphatic heterocycles. The molecule has 2 aromatic heterocycles. The minimum absolute atomic E-state index is 0.0198. The van der Waals surface area contributed by atoms with Gasteiger partial charge in [-0.15, -0.1) is 0 Å². The van der Waals surface area contributed by atoms with E-state index in [9.17, 15) is 5.11 Å². The lowest BCUT2D eigenvalue weighted by Gasteiger charge is -2.42. The van der Waals surface area contributed by atoms with Gasteiger partial charge in [0.1, 0.15) is 11.6 Å². The van der Waals surface area contributed by atoms with Crippen LogP contribution in [0.25, 0.3) is 61.8 Å². The molecule has 3 aliphatic rings. The van der Waals surface area contributed by atoms with E-state index in [0.29, 0.717) is 22.6 Å². The fraction of sp³-hybridized carbons (Fsp3) is 0.213. The van der Waals surface area contributed by atoms with E-state index < -0.39 is 0 Å². The third-order valence-electron chi connectivity index (χ3n) is 14.1. The van der Waals surface area contributed by atoms with E-state index in [0.717, 1.165) is 39.1 Å². The minimum atomic E-state index is 0.0198. The summed E-state index contributed by atoms with van der Waals surface area (Å²) >= 11 is 0. The maximum Gasteiger partial charge on any atom is 0.149 e. The maximum atomic E-state index is 12.8. The maximum absolute atomic E-state index is 12.8. The van der Waals surface area contributed by atoms with Gasteiger partial charge in [0.2, 0.25) is 0 Å². The number of fused-ring (bicyclic) bond motifs is 1. The number of hydrogen-bond donors (Lipinski definition) is 1. The molecule has 1 N–H and O–H groups in total. The number of rotatable bonds is 7. The summed E-state index contributed by atoms with van der Waals surface area (Å²) < 4.78 is 2.28. The van der Waals surface area contributed by atoms with Crippen molar-refractivity contribution >= 4 is 11.0 Å². The number of aromatic hydroxyl groups is 1. The average Bonchev–Trinajstić information content (AvgIpc) is 3.69. The van der Waals surface area contributed by atoms with Crippen LogP contribution in [-0.4, -0.2) is 19.6 Å². The second-order valence-corrected chi connectivity index (χ2v) is 19.9. The zero-order chi connectivity index (χ0) is 44.9. The Kier molecular flexibility index (Phi) is 9.59. The highest BCUT2D eigenvalue weighted by molar-refractivity contribution is 5.89. The van der Waals surface area contributed by atoms with Crippen molar-refractivity contribution in [3.05, 3.63) is 213 Å². The minimum Gasteiger partial charge on any atom is -0.506 e. The molecule has 3 aliphatic carbocycles. The molecule has 9 aromatic rings. The Morgan fingerprint density at radius 1 is 0.508 bits per heavy atom. The van der Waals surface area contributed by atoms with Crippen molar-refractivity contribution in [1.29, 1.82) is 0 Å². The first-order valence-corrected chi connectivity index (χ1v) is 23.3. The number of hydrogen-bond acceptors (Lipinski definition) is 3. The molecular formula is C61H55N3O. The first kappa shape index (κ1) is 40.7. The predicted molar refractivity (Wildman–Crippen MR) is 269 cm³/mol. The van der Waals surface area contributed by atoms with Crippen LogP contribution in [0, 0.1) is 6.92 Å². The van der Waals surface area contributed by atoms with Crippen LogP contribution in [0.5, 0.6) is 5.75 Å². The molecule has 0 saturated heterocycles. The summed E-state index contributed by atoms with van der Waals surface area (Å²) in [5.74, 6) is 1.75. The Morgan fingerprint density at radius 3 is 1.71 bits per heavy atom. The summed E-state index contributed by atoms with van der Waals surface area (Å²) in [4.78, 5) is 10.8. The van der Waals surface area contributed by atoms with E-state index in [2.05, 4.69) is 193 Å². The fourth-order valence-corrected chi connectivity index (χ4v) is 10.9. The lowest BCUT2D eigenvalue weighted by Crippen LogP contribution is -2.27. The van der Waals surface area contributed by atoms with Crippen molar-refractivity contribution in [2.75, 3.05) is 0 Å². The number of phenolic OH excluding ortho intramolecular Hbond substituents is 1. The van der Waals surface area contributed by atoms with Gasteiger partial charge in [-0.05, 0) is 133 Å². The quantitative estimate of drug-likeness (QED) is 0.174. The third-order valence-corrected chi connectivity index (χ3v) is 14.1. The molecule has 0 fully saturated rings. The summed E-state index contributed by atoms with van der Waals surface area (Å²) in [6, 6.07) is 57.2. The van der Waals surface area contributed by atoms with Gasteiger partial charge in [-0.3, -0.25) is 4.57 Å². The van der Waals surface area contributed by atoms with E-state index in [1.807, 2.05) is 24.3 Å². The highest BCUT2D eigenvalue weighted by Gasteiger charge is 2.41. The van der Waals surface area contributed by atoms with Crippen molar-refractivity contribution in [2.45, 2.75) is 84.5 Å². The Labute approximate surface area is 383 Å². The number of aromatic nitrogens is 3. The number of nitrogens with zero attached hydrogens (tertiary/aromatic N) is 3. The number of para-hydroxylation sites is 4. The van der Waals surface area contributed by atoms with Gasteiger partial charge in [0.05, 0.1) is 33.7 Å². The Hall–Kier alpha value is -7.04. The number of phenols is 1. The van der Waals surface area contributed by atoms with E-state index in [1.54, 1.807) is 0 Å².